The van der Waals surface area contributed by atoms with Gasteiger partial charge in [-0.1, -0.05) is 0 Å². The summed E-state index contributed by atoms with van der Waals surface area (Å²) in [6, 6.07) is 2.17. The number of rotatable bonds is 4. The first-order chi connectivity index (χ1) is 10.6. The van der Waals surface area contributed by atoms with Crippen molar-refractivity contribution in [2.45, 2.75) is 37.9 Å². The zero-order valence-corrected chi connectivity index (χ0v) is 13.5. The fourth-order valence-corrected chi connectivity index (χ4v) is 2.76. The van der Waals surface area contributed by atoms with Crippen LogP contribution in [0.3, 0.4) is 0 Å². The second kappa shape index (κ2) is 6.38. The second-order valence-electron chi connectivity index (χ2n) is 5.30. The summed E-state index contributed by atoms with van der Waals surface area (Å²) in [5.74, 6) is -1.80. The molecule has 1 aromatic heterocycles. The van der Waals surface area contributed by atoms with Crippen LogP contribution in [0.15, 0.2) is 28.2 Å². The van der Waals surface area contributed by atoms with Gasteiger partial charge in [-0.3, -0.25) is 4.57 Å². The molecule has 4 nitrogen and oxygen atoms in total. The third kappa shape index (κ3) is 3.95. The van der Waals surface area contributed by atoms with Crippen LogP contribution in [0.25, 0.3) is 5.69 Å². The fraction of sp³-hybridized carbons (Fsp3) is 0.429. The number of nitrogens with zero attached hydrogens (tertiary/aromatic N) is 3. The maximum Gasteiger partial charge on any atom is 0.398 e. The predicted molar refractivity (Wildman–Crippen MR) is 79.7 cm³/mol. The molecule has 0 amide bonds. The molecule has 0 saturated carbocycles. The lowest BCUT2D eigenvalue weighted by Crippen LogP contribution is -2.25. The van der Waals surface area contributed by atoms with Crippen molar-refractivity contribution in [3.63, 3.8) is 0 Å². The summed E-state index contributed by atoms with van der Waals surface area (Å²) in [4.78, 5) is 12.4. The number of aromatic nitrogens is 3. The van der Waals surface area contributed by atoms with Crippen LogP contribution in [-0.4, -0.2) is 26.3 Å². The molecule has 0 N–H and O–H groups in total. The number of hydrogen-bond donors (Lipinski definition) is 0. The first kappa shape index (κ1) is 17.6. The zero-order valence-electron chi connectivity index (χ0n) is 12.7. The molecule has 0 spiro atoms. The summed E-state index contributed by atoms with van der Waals surface area (Å²) in [7, 11) is 0. The van der Waals surface area contributed by atoms with Crippen molar-refractivity contribution in [1.82, 2.24) is 14.3 Å². The summed E-state index contributed by atoms with van der Waals surface area (Å²) in [6.07, 6.45) is -3.06. The summed E-state index contributed by atoms with van der Waals surface area (Å²) in [5, 5.41) is 3.84. The molecule has 2 aromatic rings. The van der Waals surface area contributed by atoms with Crippen LogP contribution in [0.4, 0.5) is 17.6 Å². The summed E-state index contributed by atoms with van der Waals surface area (Å²) in [6.45, 7) is 5.05. The Balaban J connectivity index is 2.45. The molecule has 126 valence electrons. The van der Waals surface area contributed by atoms with Crippen LogP contribution in [0.5, 0.6) is 0 Å². The van der Waals surface area contributed by atoms with Gasteiger partial charge in [-0.05, 0) is 38.5 Å². The molecule has 1 heterocycles. The highest BCUT2D eigenvalue weighted by atomic mass is 32.2. The SMILES string of the molecule is Cc1cc(F)c(-n2ncn(C(C)C)c2=O)cc1SCC(F)(F)F. The molecule has 0 bridgehead atoms. The standard InChI is InChI=1S/C14H15F4N3OS/c1-8(2)20-7-19-21(13(20)22)11-5-12(9(3)4-10(11)15)23-6-14(16,17)18/h4-5,7-8H,6H2,1-3H3. The van der Waals surface area contributed by atoms with Crippen LogP contribution < -0.4 is 5.69 Å². The molecule has 0 aliphatic heterocycles. The molecule has 9 heteroatoms. The van der Waals surface area contributed by atoms with E-state index in [9.17, 15) is 22.4 Å². The van der Waals surface area contributed by atoms with E-state index in [0.29, 0.717) is 17.3 Å². The van der Waals surface area contributed by atoms with Gasteiger partial charge in [-0.2, -0.15) is 23.0 Å². The number of benzene rings is 1. The monoisotopic (exact) mass is 349 g/mol. The molecule has 23 heavy (non-hydrogen) atoms. The van der Waals surface area contributed by atoms with E-state index in [-0.39, 0.29) is 16.6 Å². The minimum atomic E-state index is -4.33. The first-order valence-electron chi connectivity index (χ1n) is 6.76. The summed E-state index contributed by atoms with van der Waals surface area (Å²) in [5.41, 5.74) is -0.337. The molecule has 1 aromatic carbocycles. The highest BCUT2D eigenvalue weighted by molar-refractivity contribution is 7.99. The molecule has 0 unspecified atom stereocenters. The maximum atomic E-state index is 14.1. The molecular weight excluding hydrogens is 334 g/mol. The molecule has 0 radical (unpaired) electrons. The molecule has 0 fully saturated rings. The Bertz CT molecular complexity index is 764. The van der Waals surface area contributed by atoms with Crippen LogP contribution in [0, 0.1) is 12.7 Å². The molecule has 0 atom stereocenters. The van der Waals surface area contributed by atoms with E-state index < -0.39 is 23.4 Å². The van der Waals surface area contributed by atoms with Crippen LogP contribution in [0.1, 0.15) is 25.5 Å². The highest BCUT2D eigenvalue weighted by Crippen LogP contribution is 2.31. The first-order valence-corrected chi connectivity index (χ1v) is 7.75. The van der Waals surface area contributed by atoms with Crippen LogP contribution in [0.2, 0.25) is 0 Å². The lowest BCUT2D eigenvalue weighted by atomic mass is 10.2. The van der Waals surface area contributed by atoms with Gasteiger partial charge in [0.15, 0.2) is 0 Å². The lowest BCUT2D eigenvalue weighted by Gasteiger charge is -2.11. The zero-order chi connectivity index (χ0) is 17.4. The van der Waals surface area contributed by atoms with E-state index in [2.05, 4.69) is 5.10 Å². The molecular formula is C14H15F4N3OS. The van der Waals surface area contributed by atoms with E-state index in [1.165, 1.54) is 23.9 Å². The van der Waals surface area contributed by atoms with Gasteiger partial charge in [-0.15, -0.1) is 11.8 Å². The lowest BCUT2D eigenvalue weighted by molar-refractivity contribution is -0.105. The second-order valence-corrected chi connectivity index (χ2v) is 6.32. The Morgan fingerprint density at radius 1 is 1.30 bits per heavy atom. The Labute approximate surface area is 134 Å². The topological polar surface area (TPSA) is 39.8 Å². The molecule has 2 rings (SSSR count). The third-order valence-corrected chi connectivity index (χ3v) is 4.34. The molecule has 0 aliphatic carbocycles. The minimum Gasteiger partial charge on any atom is -0.279 e. The molecule has 0 aliphatic rings. The van der Waals surface area contributed by atoms with Crippen molar-refractivity contribution in [3.05, 3.63) is 40.3 Å². The number of alkyl halides is 3. The smallest absolute Gasteiger partial charge is 0.279 e. The number of hydrogen-bond acceptors (Lipinski definition) is 3. The average Bonchev–Trinajstić information content (AvgIpc) is 2.78. The van der Waals surface area contributed by atoms with Gasteiger partial charge in [0, 0.05) is 10.9 Å². The van der Waals surface area contributed by atoms with E-state index in [4.69, 9.17) is 0 Å². The van der Waals surface area contributed by atoms with Crippen molar-refractivity contribution < 1.29 is 17.6 Å². The normalized spacial score (nSPS) is 12.2. The van der Waals surface area contributed by atoms with Crippen molar-refractivity contribution >= 4 is 11.8 Å². The van der Waals surface area contributed by atoms with E-state index in [0.717, 1.165) is 10.7 Å². The number of halogens is 4. The third-order valence-electron chi connectivity index (χ3n) is 3.11. The predicted octanol–water partition coefficient (Wildman–Crippen LogP) is 3.72. The van der Waals surface area contributed by atoms with Gasteiger partial charge in [0.05, 0.1) is 5.75 Å². The van der Waals surface area contributed by atoms with Gasteiger partial charge in [0.2, 0.25) is 0 Å². The molecule has 0 saturated heterocycles. The minimum absolute atomic E-state index is 0.162. The summed E-state index contributed by atoms with van der Waals surface area (Å²) >= 11 is 0.549. The van der Waals surface area contributed by atoms with Crippen molar-refractivity contribution in [3.8, 4) is 5.69 Å². The summed E-state index contributed by atoms with van der Waals surface area (Å²) < 4.78 is 53.4. The Morgan fingerprint density at radius 3 is 2.48 bits per heavy atom. The largest absolute Gasteiger partial charge is 0.398 e. The Hall–Kier alpha value is -1.77. The number of aryl methyl sites for hydroxylation is 1. The van der Waals surface area contributed by atoms with E-state index in [1.807, 2.05) is 0 Å². The average molecular weight is 349 g/mol. The van der Waals surface area contributed by atoms with Crippen LogP contribution >= 0.6 is 11.8 Å². The van der Waals surface area contributed by atoms with Crippen molar-refractivity contribution in [2.24, 2.45) is 0 Å². The van der Waals surface area contributed by atoms with Gasteiger partial charge in [-0.25, -0.2) is 9.18 Å². The van der Waals surface area contributed by atoms with Gasteiger partial charge >= 0.3 is 11.9 Å². The highest BCUT2D eigenvalue weighted by Gasteiger charge is 2.28. The van der Waals surface area contributed by atoms with Gasteiger partial charge < -0.3 is 0 Å². The van der Waals surface area contributed by atoms with E-state index in [1.54, 1.807) is 13.8 Å². The van der Waals surface area contributed by atoms with Gasteiger partial charge in [0.25, 0.3) is 0 Å². The van der Waals surface area contributed by atoms with Crippen molar-refractivity contribution in [1.29, 1.82) is 0 Å². The van der Waals surface area contributed by atoms with Gasteiger partial charge in [0.1, 0.15) is 17.8 Å². The maximum absolute atomic E-state index is 14.1. The Kier molecular flexibility index (Phi) is 4.88. The Morgan fingerprint density at radius 2 is 1.96 bits per heavy atom. The van der Waals surface area contributed by atoms with Crippen LogP contribution in [-0.2, 0) is 0 Å². The quantitative estimate of drug-likeness (QED) is 0.624. The number of thioether (sulfide) groups is 1. The fourth-order valence-electron chi connectivity index (χ4n) is 1.95. The van der Waals surface area contributed by atoms with E-state index >= 15 is 0 Å². The van der Waals surface area contributed by atoms with Crippen molar-refractivity contribution in [2.75, 3.05) is 5.75 Å².